The minimum absolute atomic E-state index is 0.130. The molecule has 0 aliphatic carbocycles. The molecule has 0 N–H and O–H groups in total. The average molecular weight is 909 g/mol. The lowest BCUT2D eigenvalue weighted by Crippen LogP contribution is -2.30. The maximum Gasteiger partial charge on any atom is 0.306 e. The topological polar surface area (TPSA) is 78.9 Å². The van der Waals surface area contributed by atoms with Crippen LogP contribution in [-0.2, 0) is 28.6 Å². The highest BCUT2D eigenvalue weighted by atomic mass is 16.6. The van der Waals surface area contributed by atoms with Crippen molar-refractivity contribution in [1.82, 2.24) is 0 Å². The number of hydrogen-bond acceptors (Lipinski definition) is 6. The quantitative estimate of drug-likeness (QED) is 0.0199. The average Bonchev–Trinajstić information content (AvgIpc) is 3.31. The van der Waals surface area contributed by atoms with Crippen LogP contribution in [0, 0.1) is 0 Å². The molecule has 368 valence electrons. The van der Waals surface area contributed by atoms with E-state index in [0.717, 1.165) is 96.3 Å². The molecule has 0 bridgehead atoms. The molecule has 0 amide bonds. The Hall–Kier alpha value is -4.71. The van der Waals surface area contributed by atoms with E-state index in [4.69, 9.17) is 14.2 Å². The van der Waals surface area contributed by atoms with Crippen LogP contribution in [0.5, 0.6) is 0 Å². The molecule has 1 atom stereocenters. The molecular weight excluding hydrogens is 817 g/mol. The van der Waals surface area contributed by atoms with E-state index in [1.807, 2.05) is 72.9 Å². The van der Waals surface area contributed by atoms with Gasteiger partial charge in [0.2, 0.25) is 0 Å². The summed E-state index contributed by atoms with van der Waals surface area (Å²) in [5.74, 6) is -1.05. The molecular formula is C60H92O6. The van der Waals surface area contributed by atoms with Crippen LogP contribution in [0.2, 0.25) is 0 Å². The number of unbranched alkanes of at least 4 members (excludes halogenated alkanes) is 16. The highest BCUT2D eigenvalue weighted by Crippen LogP contribution is 2.12. The summed E-state index contributed by atoms with van der Waals surface area (Å²) in [7, 11) is 0. The highest BCUT2D eigenvalue weighted by Gasteiger charge is 2.19. The van der Waals surface area contributed by atoms with Gasteiger partial charge in [-0.05, 0) is 89.9 Å². The maximum atomic E-state index is 12.8. The van der Waals surface area contributed by atoms with Gasteiger partial charge >= 0.3 is 17.9 Å². The van der Waals surface area contributed by atoms with Crippen molar-refractivity contribution in [2.75, 3.05) is 13.2 Å². The predicted molar refractivity (Wildman–Crippen MR) is 283 cm³/mol. The minimum Gasteiger partial charge on any atom is -0.462 e. The second kappa shape index (κ2) is 52.9. The van der Waals surface area contributed by atoms with E-state index in [9.17, 15) is 14.4 Å². The fourth-order valence-corrected chi connectivity index (χ4v) is 6.44. The smallest absolute Gasteiger partial charge is 0.306 e. The Morgan fingerprint density at radius 3 is 1.18 bits per heavy atom. The Balaban J connectivity index is 4.57. The van der Waals surface area contributed by atoms with Crippen molar-refractivity contribution in [1.29, 1.82) is 0 Å². The maximum absolute atomic E-state index is 12.8. The van der Waals surface area contributed by atoms with E-state index >= 15 is 0 Å². The van der Waals surface area contributed by atoms with Crippen molar-refractivity contribution in [3.05, 3.63) is 146 Å². The first kappa shape index (κ1) is 61.3. The highest BCUT2D eigenvalue weighted by molar-refractivity contribution is 5.71. The Kier molecular flexibility index (Phi) is 49.1. The summed E-state index contributed by atoms with van der Waals surface area (Å²) in [6.07, 6.45) is 75.5. The van der Waals surface area contributed by atoms with Crippen molar-refractivity contribution in [3.8, 4) is 0 Å². The zero-order valence-corrected chi connectivity index (χ0v) is 41.9. The number of hydrogen-bond donors (Lipinski definition) is 0. The van der Waals surface area contributed by atoms with Gasteiger partial charge < -0.3 is 14.2 Å². The molecule has 0 aromatic rings. The van der Waals surface area contributed by atoms with E-state index in [1.165, 1.54) is 44.9 Å². The summed E-state index contributed by atoms with van der Waals surface area (Å²) in [4.78, 5) is 37.9. The molecule has 0 heterocycles. The Morgan fingerprint density at radius 1 is 0.333 bits per heavy atom. The second-order valence-electron chi connectivity index (χ2n) is 16.5. The van der Waals surface area contributed by atoms with Gasteiger partial charge in [0, 0.05) is 19.3 Å². The molecule has 1 unspecified atom stereocenters. The van der Waals surface area contributed by atoms with Crippen LogP contribution in [0.15, 0.2) is 146 Å². The lowest BCUT2D eigenvalue weighted by molar-refractivity contribution is -0.167. The summed E-state index contributed by atoms with van der Waals surface area (Å²) >= 11 is 0. The van der Waals surface area contributed by atoms with Gasteiger partial charge in [-0.1, -0.05) is 231 Å². The summed E-state index contributed by atoms with van der Waals surface area (Å²) in [6.45, 7) is 6.24. The molecule has 0 aromatic carbocycles. The standard InChI is InChI=1S/C60H92O6/c1-4-7-10-13-16-19-22-24-26-28-30-32-33-35-38-41-44-47-50-53-59(62)65-56-57(55-64-58(61)52-49-46-43-40-37-21-18-15-12-9-6-3)66-60(63)54-51-48-45-42-39-36-34-31-29-27-25-23-20-17-14-11-8-5-2/h7,9-10,12-13,16,18-19,21-22,24,26-35,38,40,43,57H,4-6,8,11,14-15,17,20,23,25,36-37,39,41-42,44-56H2,1-3H3/b10-7-,12-9-,16-13-,21-18-,22-19-,26-24-,29-27-,30-28+,33-32-,34-31-,38-35-,43-40-. The zero-order chi connectivity index (χ0) is 47.9. The van der Waals surface area contributed by atoms with Gasteiger partial charge in [0.1, 0.15) is 13.2 Å². The zero-order valence-electron chi connectivity index (χ0n) is 41.9. The summed E-state index contributed by atoms with van der Waals surface area (Å²) in [5.41, 5.74) is 0. The molecule has 6 heteroatoms. The van der Waals surface area contributed by atoms with Crippen LogP contribution in [0.25, 0.3) is 0 Å². The lowest BCUT2D eigenvalue weighted by Gasteiger charge is -2.18. The van der Waals surface area contributed by atoms with Crippen molar-refractivity contribution >= 4 is 17.9 Å². The first-order chi connectivity index (χ1) is 32.5. The Morgan fingerprint density at radius 2 is 0.682 bits per heavy atom. The minimum atomic E-state index is -0.832. The molecule has 0 rings (SSSR count). The van der Waals surface area contributed by atoms with Crippen LogP contribution in [0.3, 0.4) is 0 Å². The summed E-state index contributed by atoms with van der Waals surface area (Å²) < 4.78 is 16.7. The largest absolute Gasteiger partial charge is 0.462 e. The first-order valence-electron chi connectivity index (χ1n) is 26.0. The van der Waals surface area contributed by atoms with Gasteiger partial charge in [0.25, 0.3) is 0 Å². The second-order valence-corrected chi connectivity index (χ2v) is 16.5. The van der Waals surface area contributed by atoms with E-state index in [1.54, 1.807) is 0 Å². The van der Waals surface area contributed by atoms with E-state index < -0.39 is 6.10 Å². The van der Waals surface area contributed by atoms with E-state index in [-0.39, 0.29) is 50.4 Å². The van der Waals surface area contributed by atoms with Gasteiger partial charge in [-0.2, -0.15) is 0 Å². The molecule has 0 spiro atoms. The van der Waals surface area contributed by atoms with E-state index in [0.29, 0.717) is 12.8 Å². The van der Waals surface area contributed by atoms with Crippen molar-refractivity contribution in [3.63, 3.8) is 0 Å². The summed E-state index contributed by atoms with van der Waals surface area (Å²) in [6, 6.07) is 0. The number of ether oxygens (including phenoxy) is 3. The molecule has 0 fully saturated rings. The van der Waals surface area contributed by atoms with Crippen molar-refractivity contribution < 1.29 is 28.6 Å². The SMILES string of the molecule is CC\C=C/C=C\C=C/C=C\C=C\C=C/C=C\CCCCCC(=O)OCC(COC(=O)CCC/C=C\C/C=C\C/C=C\CC)OC(=O)CCCCCCC/C=C\C=C/CCCCCCCCC. The van der Waals surface area contributed by atoms with Gasteiger partial charge in [-0.15, -0.1) is 0 Å². The fourth-order valence-electron chi connectivity index (χ4n) is 6.44. The monoisotopic (exact) mass is 909 g/mol. The van der Waals surface area contributed by atoms with Gasteiger partial charge in [0.15, 0.2) is 6.10 Å². The van der Waals surface area contributed by atoms with Crippen molar-refractivity contribution in [2.45, 2.75) is 200 Å². The van der Waals surface area contributed by atoms with Crippen LogP contribution in [0.4, 0.5) is 0 Å². The van der Waals surface area contributed by atoms with Gasteiger partial charge in [0.05, 0.1) is 0 Å². The number of carbonyl (C=O) groups excluding carboxylic acids is 3. The van der Waals surface area contributed by atoms with Crippen LogP contribution in [0.1, 0.15) is 194 Å². The third-order valence-electron chi connectivity index (χ3n) is 10.3. The summed E-state index contributed by atoms with van der Waals surface area (Å²) in [5, 5.41) is 0. The molecule has 0 aliphatic heterocycles. The van der Waals surface area contributed by atoms with Crippen LogP contribution >= 0.6 is 0 Å². The number of rotatable bonds is 44. The van der Waals surface area contributed by atoms with Crippen LogP contribution < -0.4 is 0 Å². The Labute approximate surface area is 404 Å². The fraction of sp³-hybridized carbons (Fsp3) is 0.550. The molecule has 6 nitrogen and oxygen atoms in total. The van der Waals surface area contributed by atoms with Gasteiger partial charge in [-0.25, -0.2) is 0 Å². The molecule has 0 radical (unpaired) electrons. The van der Waals surface area contributed by atoms with Crippen LogP contribution in [-0.4, -0.2) is 37.2 Å². The van der Waals surface area contributed by atoms with Gasteiger partial charge in [-0.3, -0.25) is 14.4 Å². The first-order valence-corrected chi connectivity index (χ1v) is 26.0. The lowest BCUT2D eigenvalue weighted by atomic mass is 10.1. The number of esters is 3. The Bertz CT molecular complexity index is 1510. The molecule has 66 heavy (non-hydrogen) atoms. The predicted octanol–water partition coefficient (Wildman–Crippen LogP) is 17.3. The molecule has 0 saturated heterocycles. The third-order valence-corrected chi connectivity index (χ3v) is 10.3. The molecule has 0 aliphatic rings. The third kappa shape index (κ3) is 50.3. The normalized spacial score (nSPS) is 13.3. The molecule has 0 aromatic heterocycles. The van der Waals surface area contributed by atoms with Crippen molar-refractivity contribution in [2.24, 2.45) is 0 Å². The number of allylic oxidation sites excluding steroid dienone is 24. The molecule has 0 saturated carbocycles. The van der Waals surface area contributed by atoms with E-state index in [2.05, 4.69) is 93.7 Å². The number of carbonyl (C=O) groups is 3.